The number of aromatic nitrogens is 3. The van der Waals surface area contributed by atoms with E-state index in [1.54, 1.807) is 6.07 Å². The van der Waals surface area contributed by atoms with Crippen LogP contribution in [0.4, 0.5) is 4.39 Å². The molecule has 1 aromatic heterocycles. The molecule has 1 fully saturated rings. The van der Waals surface area contributed by atoms with Gasteiger partial charge in [-0.3, -0.25) is 4.90 Å². The maximum atomic E-state index is 13.1. The molecule has 0 saturated carbocycles. The molecule has 0 spiro atoms. The van der Waals surface area contributed by atoms with Gasteiger partial charge in [0.15, 0.2) is 0 Å². The summed E-state index contributed by atoms with van der Waals surface area (Å²) in [6.45, 7) is 4.47. The molecular weight excluding hydrogens is 343 g/mol. The molecule has 5 nitrogen and oxygen atoms in total. The lowest BCUT2D eigenvalue weighted by atomic mass is 9.97. The van der Waals surface area contributed by atoms with Crippen LogP contribution >= 0.6 is 11.6 Å². The third-order valence-corrected chi connectivity index (χ3v) is 5.36. The highest BCUT2D eigenvalue weighted by atomic mass is 35.5. The van der Waals surface area contributed by atoms with Crippen LogP contribution in [0.2, 0.25) is 5.02 Å². The molecule has 0 radical (unpaired) electrons. The highest BCUT2D eigenvalue weighted by Crippen LogP contribution is 2.29. The predicted octanol–water partition coefficient (Wildman–Crippen LogP) is 3.28. The second-order valence-corrected chi connectivity index (χ2v) is 7.20. The van der Waals surface area contributed by atoms with Gasteiger partial charge in [0.25, 0.3) is 0 Å². The first-order chi connectivity index (χ1) is 12.2. The number of halogens is 2. The van der Waals surface area contributed by atoms with Gasteiger partial charge in [-0.25, -0.2) is 4.39 Å². The SMILES string of the molecule is Fc1ccc(OCCN2CCCC(c3nnc4n3CCC4)C2)c(Cl)c1. The molecule has 1 atom stereocenters. The van der Waals surface area contributed by atoms with Crippen molar-refractivity contribution in [2.75, 3.05) is 26.2 Å². The van der Waals surface area contributed by atoms with Crippen LogP contribution in [0.3, 0.4) is 0 Å². The van der Waals surface area contributed by atoms with Crippen LogP contribution < -0.4 is 4.74 Å². The zero-order valence-electron chi connectivity index (χ0n) is 14.1. The number of fused-ring (bicyclic) bond motifs is 1. The van der Waals surface area contributed by atoms with Gasteiger partial charge in [-0.2, -0.15) is 0 Å². The van der Waals surface area contributed by atoms with E-state index in [2.05, 4.69) is 19.7 Å². The van der Waals surface area contributed by atoms with Crippen LogP contribution in [-0.4, -0.2) is 45.9 Å². The summed E-state index contributed by atoms with van der Waals surface area (Å²) >= 11 is 6.00. The Labute approximate surface area is 151 Å². The summed E-state index contributed by atoms with van der Waals surface area (Å²) in [4.78, 5) is 2.40. The van der Waals surface area contributed by atoms with Crippen molar-refractivity contribution in [2.24, 2.45) is 0 Å². The minimum atomic E-state index is -0.350. The van der Waals surface area contributed by atoms with Gasteiger partial charge in [0.2, 0.25) is 0 Å². The van der Waals surface area contributed by atoms with Crippen LogP contribution in [0.5, 0.6) is 5.75 Å². The Bertz CT molecular complexity index is 751. The largest absolute Gasteiger partial charge is 0.491 e. The van der Waals surface area contributed by atoms with Crippen molar-refractivity contribution in [3.8, 4) is 5.75 Å². The quantitative estimate of drug-likeness (QED) is 0.816. The Hall–Kier alpha value is -1.66. The fourth-order valence-corrected chi connectivity index (χ4v) is 4.04. The average molecular weight is 365 g/mol. The molecule has 1 saturated heterocycles. The number of hydrogen-bond donors (Lipinski definition) is 0. The number of benzene rings is 1. The van der Waals surface area contributed by atoms with Crippen LogP contribution in [0.25, 0.3) is 0 Å². The highest BCUT2D eigenvalue weighted by Gasteiger charge is 2.28. The van der Waals surface area contributed by atoms with E-state index in [9.17, 15) is 4.39 Å². The zero-order valence-corrected chi connectivity index (χ0v) is 14.9. The summed E-state index contributed by atoms with van der Waals surface area (Å²) < 4.78 is 21.1. The molecule has 1 aromatic carbocycles. The van der Waals surface area contributed by atoms with Crippen molar-refractivity contribution >= 4 is 11.6 Å². The van der Waals surface area contributed by atoms with Crippen molar-refractivity contribution < 1.29 is 9.13 Å². The van der Waals surface area contributed by atoms with E-state index in [1.165, 1.54) is 25.0 Å². The van der Waals surface area contributed by atoms with Gasteiger partial charge in [-0.15, -0.1) is 10.2 Å². The topological polar surface area (TPSA) is 43.2 Å². The molecule has 0 aliphatic carbocycles. The molecule has 2 aromatic rings. The number of hydrogen-bond acceptors (Lipinski definition) is 4. The summed E-state index contributed by atoms with van der Waals surface area (Å²) in [5.74, 6) is 2.92. The fourth-order valence-electron chi connectivity index (χ4n) is 3.82. The number of rotatable bonds is 5. The van der Waals surface area contributed by atoms with E-state index in [1.807, 2.05) is 0 Å². The number of aryl methyl sites for hydroxylation is 1. The second-order valence-electron chi connectivity index (χ2n) is 6.79. The van der Waals surface area contributed by atoms with Crippen LogP contribution in [0.1, 0.15) is 36.8 Å². The lowest BCUT2D eigenvalue weighted by Crippen LogP contribution is -2.37. The summed E-state index contributed by atoms with van der Waals surface area (Å²) in [7, 11) is 0. The Morgan fingerprint density at radius 3 is 3.04 bits per heavy atom. The molecular formula is C18H22ClFN4O. The number of likely N-dealkylation sites (tertiary alicyclic amines) is 1. The minimum absolute atomic E-state index is 0.315. The van der Waals surface area contributed by atoms with Gasteiger partial charge in [0.1, 0.15) is 29.8 Å². The van der Waals surface area contributed by atoms with Crippen LogP contribution in [-0.2, 0) is 13.0 Å². The smallest absolute Gasteiger partial charge is 0.138 e. The van der Waals surface area contributed by atoms with Gasteiger partial charge in [0, 0.05) is 32.0 Å². The normalized spacial score (nSPS) is 20.6. The Kier molecular flexibility index (Phi) is 4.90. The van der Waals surface area contributed by atoms with E-state index in [-0.39, 0.29) is 5.82 Å². The molecule has 0 N–H and O–H groups in total. The van der Waals surface area contributed by atoms with Gasteiger partial charge >= 0.3 is 0 Å². The van der Waals surface area contributed by atoms with Crippen molar-refractivity contribution in [1.82, 2.24) is 19.7 Å². The Morgan fingerprint density at radius 1 is 1.24 bits per heavy atom. The molecule has 25 heavy (non-hydrogen) atoms. The number of ether oxygens (including phenoxy) is 1. The van der Waals surface area contributed by atoms with Crippen molar-refractivity contribution in [3.63, 3.8) is 0 Å². The first-order valence-corrected chi connectivity index (χ1v) is 9.30. The first kappa shape index (κ1) is 16.8. The Morgan fingerprint density at radius 2 is 2.16 bits per heavy atom. The van der Waals surface area contributed by atoms with E-state index >= 15 is 0 Å². The van der Waals surface area contributed by atoms with Crippen molar-refractivity contribution in [3.05, 3.63) is 40.7 Å². The van der Waals surface area contributed by atoms with Gasteiger partial charge in [-0.1, -0.05) is 11.6 Å². The van der Waals surface area contributed by atoms with E-state index in [0.717, 1.165) is 50.7 Å². The van der Waals surface area contributed by atoms with Crippen molar-refractivity contribution in [2.45, 2.75) is 38.1 Å². The average Bonchev–Trinajstić information content (AvgIpc) is 3.20. The lowest BCUT2D eigenvalue weighted by Gasteiger charge is -2.32. The summed E-state index contributed by atoms with van der Waals surface area (Å²) in [6, 6.07) is 4.22. The third-order valence-electron chi connectivity index (χ3n) is 5.07. The lowest BCUT2D eigenvalue weighted by molar-refractivity contribution is 0.166. The number of piperidine rings is 1. The third kappa shape index (κ3) is 3.65. The van der Waals surface area contributed by atoms with Gasteiger partial charge in [0.05, 0.1) is 5.02 Å². The van der Waals surface area contributed by atoms with Crippen LogP contribution in [0.15, 0.2) is 18.2 Å². The molecule has 7 heteroatoms. The summed E-state index contributed by atoms with van der Waals surface area (Å²) in [5.41, 5.74) is 0. The first-order valence-electron chi connectivity index (χ1n) is 8.93. The molecule has 134 valence electrons. The minimum Gasteiger partial charge on any atom is -0.491 e. The summed E-state index contributed by atoms with van der Waals surface area (Å²) in [6.07, 6.45) is 4.56. The monoisotopic (exact) mass is 364 g/mol. The summed E-state index contributed by atoms with van der Waals surface area (Å²) in [5, 5.41) is 9.10. The van der Waals surface area contributed by atoms with Gasteiger partial charge in [-0.05, 0) is 44.0 Å². The molecule has 2 aliphatic heterocycles. The number of nitrogens with zero attached hydrogens (tertiary/aromatic N) is 4. The molecule has 1 unspecified atom stereocenters. The van der Waals surface area contributed by atoms with E-state index in [4.69, 9.17) is 16.3 Å². The maximum Gasteiger partial charge on any atom is 0.138 e. The fraction of sp³-hybridized carbons (Fsp3) is 0.556. The van der Waals surface area contributed by atoms with Crippen LogP contribution in [0, 0.1) is 5.82 Å². The second kappa shape index (κ2) is 7.30. The van der Waals surface area contributed by atoms with Crippen molar-refractivity contribution in [1.29, 1.82) is 0 Å². The van der Waals surface area contributed by atoms with Gasteiger partial charge < -0.3 is 9.30 Å². The molecule has 2 aliphatic rings. The molecule has 3 heterocycles. The maximum absolute atomic E-state index is 13.1. The predicted molar refractivity (Wildman–Crippen MR) is 93.7 cm³/mol. The highest BCUT2D eigenvalue weighted by molar-refractivity contribution is 6.32. The van der Waals surface area contributed by atoms with E-state index in [0.29, 0.717) is 23.3 Å². The zero-order chi connectivity index (χ0) is 17.2. The molecule has 4 rings (SSSR count). The standard InChI is InChI=1S/C18H22ClFN4O/c19-15-11-14(20)5-6-16(15)25-10-9-23-7-1-3-13(12-23)18-22-21-17-4-2-8-24(17)18/h5-6,11,13H,1-4,7-10,12H2. The van der Waals surface area contributed by atoms with E-state index < -0.39 is 0 Å². The Balaban J connectivity index is 1.32. The molecule has 0 bridgehead atoms. The molecule has 0 amide bonds.